The van der Waals surface area contributed by atoms with Crippen LogP contribution in [0.1, 0.15) is 5.56 Å². The molecule has 1 N–H and O–H groups in total. The zero-order chi connectivity index (χ0) is 14.9. The van der Waals surface area contributed by atoms with Crippen molar-refractivity contribution in [1.29, 1.82) is 0 Å². The summed E-state index contributed by atoms with van der Waals surface area (Å²) in [7, 11) is 0. The van der Waals surface area contributed by atoms with E-state index in [1.807, 2.05) is 0 Å². The Morgan fingerprint density at radius 3 is 1.90 bits per heavy atom. The Labute approximate surface area is 109 Å². The number of rotatable bonds is 3. The van der Waals surface area contributed by atoms with E-state index in [1.54, 1.807) is 0 Å². The maximum Gasteiger partial charge on any atom is 0.196 e. The molecule has 1 nitrogen and oxygen atoms in total. The minimum Gasteiger partial charge on any atom is -0.379 e. The fourth-order valence-corrected chi connectivity index (χ4v) is 1.57. The SMILES string of the molecule is Fc1cc(CNc2ccc(F)c(F)c2F)cc(F)c1F. The monoisotopic (exact) mass is 291 g/mol. The molecule has 0 heterocycles. The quantitative estimate of drug-likeness (QED) is 0.662. The molecule has 0 amide bonds. The third-order valence-corrected chi connectivity index (χ3v) is 2.56. The van der Waals surface area contributed by atoms with Crippen LogP contribution in [0.25, 0.3) is 0 Å². The first-order chi connectivity index (χ1) is 9.40. The average molecular weight is 291 g/mol. The number of hydrogen-bond donors (Lipinski definition) is 1. The third-order valence-electron chi connectivity index (χ3n) is 2.56. The van der Waals surface area contributed by atoms with E-state index in [0.29, 0.717) is 18.2 Å². The largest absolute Gasteiger partial charge is 0.379 e. The van der Waals surface area contributed by atoms with Crippen molar-refractivity contribution < 1.29 is 26.3 Å². The van der Waals surface area contributed by atoms with Crippen LogP contribution >= 0.6 is 0 Å². The molecule has 0 radical (unpaired) electrons. The molecule has 0 fully saturated rings. The molecule has 2 aromatic rings. The van der Waals surface area contributed by atoms with E-state index in [9.17, 15) is 26.3 Å². The van der Waals surface area contributed by atoms with Crippen LogP contribution in [-0.2, 0) is 6.54 Å². The first-order valence-corrected chi connectivity index (χ1v) is 5.41. The Morgan fingerprint density at radius 2 is 1.30 bits per heavy atom. The van der Waals surface area contributed by atoms with Gasteiger partial charge in [0.15, 0.2) is 34.9 Å². The second-order valence-corrected chi connectivity index (χ2v) is 3.95. The number of nitrogens with one attached hydrogen (secondary N) is 1. The molecule has 2 aromatic carbocycles. The lowest BCUT2D eigenvalue weighted by atomic mass is 10.2. The Morgan fingerprint density at radius 1 is 0.700 bits per heavy atom. The highest BCUT2D eigenvalue weighted by Crippen LogP contribution is 2.21. The predicted molar refractivity (Wildman–Crippen MR) is 60.0 cm³/mol. The fourth-order valence-electron chi connectivity index (χ4n) is 1.57. The molecule has 0 aromatic heterocycles. The molecule has 20 heavy (non-hydrogen) atoms. The summed E-state index contributed by atoms with van der Waals surface area (Å²) in [6.07, 6.45) is 0. The number of benzene rings is 2. The van der Waals surface area contributed by atoms with Gasteiger partial charge in [0, 0.05) is 6.54 Å². The van der Waals surface area contributed by atoms with Crippen LogP contribution < -0.4 is 5.32 Å². The minimum atomic E-state index is -1.66. The van der Waals surface area contributed by atoms with Gasteiger partial charge in [0.2, 0.25) is 0 Å². The second kappa shape index (κ2) is 5.44. The number of hydrogen-bond acceptors (Lipinski definition) is 1. The lowest BCUT2D eigenvalue weighted by Crippen LogP contribution is -2.05. The van der Waals surface area contributed by atoms with Crippen molar-refractivity contribution in [2.75, 3.05) is 5.32 Å². The lowest BCUT2D eigenvalue weighted by molar-refractivity contribution is 0.445. The minimum absolute atomic E-state index is 0.0227. The molecule has 0 aliphatic rings. The van der Waals surface area contributed by atoms with Crippen LogP contribution in [-0.4, -0.2) is 0 Å². The smallest absolute Gasteiger partial charge is 0.196 e. The maximum atomic E-state index is 13.3. The van der Waals surface area contributed by atoms with Gasteiger partial charge in [-0.2, -0.15) is 0 Å². The zero-order valence-electron chi connectivity index (χ0n) is 9.78. The van der Waals surface area contributed by atoms with Gasteiger partial charge in [-0.15, -0.1) is 0 Å². The van der Waals surface area contributed by atoms with Crippen LogP contribution in [0.2, 0.25) is 0 Å². The summed E-state index contributed by atoms with van der Waals surface area (Å²) in [6, 6.07) is 3.06. The summed E-state index contributed by atoms with van der Waals surface area (Å²) in [4.78, 5) is 0. The average Bonchev–Trinajstić information content (AvgIpc) is 2.41. The number of halogens is 6. The van der Waals surface area contributed by atoms with E-state index in [4.69, 9.17) is 0 Å². The topological polar surface area (TPSA) is 12.0 Å². The molecule has 2 rings (SSSR count). The molecule has 106 valence electrons. The summed E-state index contributed by atoms with van der Waals surface area (Å²) >= 11 is 0. The first-order valence-electron chi connectivity index (χ1n) is 5.41. The molecule has 0 aliphatic carbocycles. The molecule has 7 heteroatoms. The van der Waals surface area contributed by atoms with Gasteiger partial charge < -0.3 is 5.32 Å². The van der Waals surface area contributed by atoms with Gasteiger partial charge in [-0.1, -0.05) is 0 Å². The summed E-state index contributed by atoms with van der Waals surface area (Å²) in [6.45, 7) is -0.296. The Bertz CT molecular complexity index is 633. The van der Waals surface area contributed by atoms with E-state index >= 15 is 0 Å². The van der Waals surface area contributed by atoms with Crippen molar-refractivity contribution in [2.24, 2.45) is 0 Å². The summed E-state index contributed by atoms with van der Waals surface area (Å²) in [5.74, 6) is -8.88. The van der Waals surface area contributed by atoms with Crippen molar-refractivity contribution >= 4 is 5.69 Å². The maximum absolute atomic E-state index is 13.3. The van der Waals surface area contributed by atoms with E-state index in [0.717, 1.165) is 6.07 Å². The van der Waals surface area contributed by atoms with Gasteiger partial charge in [-0.25, -0.2) is 26.3 Å². The lowest BCUT2D eigenvalue weighted by Gasteiger charge is -2.09. The molecule has 0 bridgehead atoms. The van der Waals surface area contributed by atoms with Crippen LogP contribution in [0.5, 0.6) is 0 Å². The standard InChI is InChI=1S/C13H7F6N/c14-7-1-2-10(13(19)12(7)18)20-5-6-3-8(15)11(17)9(16)4-6/h1-4,20H,5H2. The van der Waals surface area contributed by atoms with E-state index in [2.05, 4.69) is 5.32 Å². The molecular formula is C13H7F6N. The van der Waals surface area contributed by atoms with Crippen LogP contribution in [0, 0.1) is 34.9 Å². The summed E-state index contributed by atoms with van der Waals surface area (Å²) in [5, 5.41) is 2.33. The van der Waals surface area contributed by atoms with Gasteiger partial charge in [0.1, 0.15) is 0 Å². The summed E-state index contributed by atoms with van der Waals surface area (Å²) < 4.78 is 77.5. The number of anilines is 1. The van der Waals surface area contributed by atoms with E-state index in [-0.39, 0.29) is 17.8 Å². The Hall–Kier alpha value is -2.18. The van der Waals surface area contributed by atoms with E-state index in [1.165, 1.54) is 0 Å². The van der Waals surface area contributed by atoms with Gasteiger partial charge in [0.25, 0.3) is 0 Å². The predicted octanol–water partition coefficient (Wildman–Crippen LogP) is 4.13. The molecule has 0 saturated carbocycles. The Kier molecular flexibility index (Phi) is 3.87. The van der Waals surface area contributed by atoms with Crippen LogP contribution in [0.4, 0.5) is 32.0 Å². The molecule has 0 saturated heterocycles. The molecular weight excluding hydrogens is 284 g/mol. The first kappa shape index (κ1) is 14.2. The molecule has 0 unspecified atom stereocenters. The fraction of sp³-hybridized carbons (Fsp3) is 0.0769. The Balaban J connectivity index is 2.19. The normalized spacial score (nSPS) is 10.7. The third kappa shape index (κ3) is 2.71. The van der Waals surface area contributed by atoms with Gasteiger partial charge in [-0.3, -0.25) is 0 Å². The summed E-state index contributed by atoms with van der Waals surface area (Å²) in [5.41, 5.74) is -0.403. The highest BCUT2D eigenvalue weighted by atomic mass is 19.2. The molecule has 0 atom stereocenters. The van der Waals surface area contributed by atoms with Crippen molar-refractivity contribution in [3.63, 3.8) is 0 Å². The van der Waals surface area contributed by atoms with Gasteiger partial charge in [0.05, 0.1) is 5.69 Å². The van der Waals surface area contributed by atoms with E-state index < -0.39 is 34.9 Å². The molecule has 0 aliphatic heterocycles. The van der Waals surface area contributed by atoms with Crippen molar-refractivity contribution in [2.45, 2.75) is 6.54 Å². The highest BCUT2D eigenvalue weighted by Gasteiger charge is 2.14. The van der Waals surface area contributed by atoms with Crippen LogP contribution in [0.3, 0.4) is 0 Å². The highest BCUT2D eigenvalue weighted by molar-refractivity contribution is 5.46. The van der Waals surface area contributed by atoms with Gasteiger partial charge in [-0.05, 0) is 29.8 Å². The van der Waals surface area contributed by atoms with Crippen molar-refractivity contribution in [3.05, 3.63) is 64.7 Å². The zero-order valence-corrected chi connectivity index (χ0v) is 9.78. The van der Waals surface area contributed by atoms with Crippen molar-refractivity contribution in [3.8, 4) is 0 Å². The van der Waals surface area contributed by atoms with Crippen molar-refractivity contribution in [1.82, 2.24) is 0 Å². The van der Waals surface area contributed by atoms with Gasteiger partial charge >= 0.3 is 0 Å². The second-order valence-electron chi connectivity index (χ2n) is 3.95. The van der Waals surface area contributed by atoms with Crippen LogP contribution in [0.15, 0.2) is 24.3 Å². The molecule has 0 spiro atoms.